The van der Waals surface area contributed by atoms with E-state index < -0.39 is 0 Å². The minimum atomic E-state index is -0.0445. The maximum absolute atomic E-state index is 12.1. The van der Waals surface area contributed by atoms with Crippen LogP contribution in [0.3, 0.4) is 0 Å². The highest BCUT2D eigenvalue weighted by molar-refractivity contribution is 7.18. The van der Waals surface area contributed by atoms with Crippen molar-refractivity contribution in [1.29, 1.82) is 0 Å². The van der Waals surface area contributed by atoms with Gasteiger partial charge in [0.25, 0.3) is 5.91 Å². The maximum Gasteiger partial charge on any atom is 0.263 e. The van der Waals surface area contributed by atoms with Crippen LogP contribution in [0, 0.1) is 5.92 Å². The molecule has 0 spiro atoms. The van der Waals surface area contributed by atoms with Crippen LogP contribution in [0.15, 0.2) is 6.07 Å². The predicted octanol–water partition coefficient (Wildman–Crippen LogP) is 1.43. The van der Waals surface area contributed by atoms with Gasteiger partial charge in [0.15, 0.2) is 0 Å². The van der Waals surface area contributed by atoms with Crippen molar-refractivity contribution in [3.05, 3.63) is 10.9 Å². The monoisotopic (exact) mass is 295 g/mol. The number of nitrogen functional groups attached to an aromatic ring is 1. The number of anilines is 2. The topological polar surface area (TPSA) is 78.6 Å². The van der Waals surface area contributed by atoms with Crippen molar-refractivity contribution in [1.82, 2.24) is 5.32 Å². The Kier molecular flexibility index (Phi) is 3.85. The van der Waals surface area contributed by atoms with Gasteiger partial charge in [0.2, 0.25) is 0 Å². The predicted molar refractivity (Wildman–Crippen MR) is 81.2 cm³/mol. The minimum absolute atomic E-state index is 0.0445. The lowest BCUT2D eigenvalue weighted by atomic mass is 9.99. The molecule has 1 saturated heterocycles. The summed E-state index contributed by atoms with van der Waals surface area (Å²) in [4.78, 5) is 15.0. The van der Waals surface area contributed by atoms with Crippen LogP contribution in [-0.2, 0) is 0 Å². The number of nitrogens with one attached hydrogen (secondary N) is 1. The van der Waals surface area contributed by atoms with E-state index >= 15 is 0 Å². The van der Waals surface area contributed by atoms with E-state index in [2.05, 4.69) is 10.2 Å². The summed E-state index contributed by atoms with van der Waals surface area (Å²) < 4.78 is 0. The van der Waals surface area contributed by atoms with E-state index in [1.165, 1.54) is 11.3 Å². The van der Waals surface area contributed by atoms with Gasteiger partial charge in [-0.3, -0.25) is 4.79 Å². The van der Waals surface area contributed by atoms with Crippen molar-refractivity contribution >= 4 is 27.9 Å². The van der Waals surface area contributed by atoms with Gasteiger partial charge < -0.3 is 21.1 Å². The number of aliphatic hydroxyl groups is 1. The van der Waals surface area contributed by atoms with Crippen LogP contribution in [0.5, 0.6) is 0 Å². The van der Waals surface area contributed by atoms with Crippen LogP contribution >= 0.6 is 11.3 Å². The van der Waals surface area contributed by atoms with Gasteiger partial charge in [-0.1, -0.05) is 0 Å². The first-order chi connectivity index (χ1) is 9.67. The largest absolute Gasteiger partial charge is 0.397 e. The lowest BCUT2D eigenvalue weighted by molar-refractivity contribution is 0.0956. The van der Waals surface area contributed by atoms with Gasteiger partial charge in [0.05, 0.1) is 10.7 Å². The summed E-state index contributed by atoms with van der Waals surface area (Å²) in [6.45, 7) is 2.05. The Bertz CT molecular complexity index is 499. The summed E-state index contributed by atoms with van der Waals surface area (Å²) in [6.07, 6.45) is 4.30. The molecule has 5 nitrogen and oxygen atoms in total. The Balaban J connectivity index is 1.72. The SMILES string of the molecule is Nc1cc(N2CCCC(CO)C2)sc1C(=O)NC1CC1. The fourth-order valence-corrected chi connectivity index (χ4v) is 3.64. The number of hydrogen-bond donors (Lipinski definition) is 3. The number of piperidine rings is 1. The molecule has 3 rings (SSSR count). The fraction of sp³-hybridized carbons (Fsp3) is 0.643. The van der Waals surface area contributed by atoms with Crippen molar-refractivity contribution in [3.8, 4) is 0 Å². The fourth-order valence-electron chi connectivity index (χ4n) is 2.62. The number of thiophene rings is 1. The Morgan fingerprint density at radius 3 is 3.00 bits per heavy atom. The third kappa shape index (κ3) is 2.91. The second kappa shape index (κ2) is 5.61. The Morgan fingerprint density at radius 1 is 1.50 bits per heavy atom. The van der Waals surface area contributed by atoms with Crippen LogP contribution in [0.1, 0.15) is 35.4 Å². The van der Waals surface area contributed by atoms with Crippen molar-refractivity contribution in [3.63, 3.8) is 0 Å². The molecular formula is C14H21N3O2S. The van der Waals surface area contributed by atoms with Gasteiger partial charge in [-0.15, -0.1) is 11.3 Å². The second-order valence-corrected chi connectivity index (χ2v) is 6.78. The molecule has 2 fully saturated rings. The van der Waals surface area contributed by atoms with Gasteiger partial charge in [-0.2, -0.15) is 0 Å². The molecular weight excluding hydrogens is 274 g/mol. The molecule has 1 atom stereocenters. The zero-order chi connectivity index (χ0) is 14.1. The first-order valence-corrected chi connectivity index (χ1v) is 8.05. The highest BCUT2D eigenvalue weighted by Gasteiger charge is 2.27. The van der Waals surface area contributed by atoms with Crippen LogP contribution in [-0.4, -0.2) is 36.8 Å². The number of aliphatic hydroxyl groups excluding tert-OH is 1. The summed E-state index contributed by atoms with van der Waals surface area (Å²) in [6, 6.07) is 2.24. The molecule has 1 aromatic rings. The molecule has 2 aliphatic rings. The van der Waals surface area contributed by atoms with Crippen molar-refractivity contribution in [2.45, 2.75) is 31.7 Å². The number of carbonyl (C=O) groups excluding carboxylic acids is 1. The van der Waals surface area contributed by atoms with Gasteiger partial charge in [0.1, 0.15) is 4.88 Å². The van der Waals surface area contributed by atoms with Gasteiger partial charge in [-0.25, -0.2) is 0 Å². The molecule has 0 radical (unpaired) electrons. The molecule has 1 aliphatic carbocycles. The highest BCUT2D eigenvalue weighted by Crippen LogP contribution is 2.35. The normalized spacial score (nSPS) is 22.9. The second-order valence-electron chi connectivity index (χ2n) is 5.75. The van der Waals surface area contributed by atoms with E-state index in [9.17, 15) is 9.90 Å². The van der Waals surface area contributed by atoms with E-state index in [-0.39, 0.29) is 12.5 Å². The number of carbonyl (C=O) groups is 1. The molecule has 1 aliphatic heterocycles. The first kappa shape index (κ1) is 13.7. The lowest BCUT2D eigenvalue weighted by Gasteiger charge is -2.32. The molecule has 1 saturated carbocycles. The molecule has 1 amide bonds. The number of nitrogens with zero attached hydrogens (tertiary/aromatic N) is 1. The molecule has 20 heavy (non-hydrogen) atoms. The highest BCUT2D eigenvalue weighted by atomic mass is 32.1. The summed E-state index contributed by atoms with van der Waals surface area (Å²) in [5.41, 5.74) is 6.55. The van der Waals surface area contributed by atoms with Gasteiger partial charge in [0, 0.05) is 25.7 Å². The lowest BCUT2D eigenvalue weighted by Crippen LogP contribution is -2.36. The van der Waals surface area contributed by atoms with E-state index in [0.29, 0.717) is 22.5 Å². The Labute approximate surface area is 122 Å². The average Bonchev–Trinajstić information content (AvgIpc) is 3.18. The van der Waals surface area contributed by atoms with Crippen LogP contribution in [0.2, 0.25) is 0 Å². The Hall–Kier alpha value is -1.27. The molecule has 1 aromatic heterocycles. The average molecular weight is 295 g/mol. The van der Waals surface area contributed by atoms with Crippen molar-refractivity contribution in [2.75, 3.05) is 30.3 Å². The number of hydrogen-bond acceptors (Lipinski definition) is 5. The third-order valence-electron chi connectivity index (χ3n) is 3.96. The number of amides is 1. The molecule has 1 unspecified atom stereocenters. The molecule has 6 heteroatoms. The summed E-state index contributed by atoms with van der Waals surface area (Å²) >= 11 is 1.46. The summed E-state index contributed by atoms with van der Waals surface area (Å²) in [5.74, 6) is 0.285. The third-order valence-corrected chi connectivity index (χ3v) is 5.17. The van der Waals surface area contributed by atoms with Gasteiger partial charge >= 0.3 is 0 Å². The molecule has 110 valence electrons. The zero-order valence-corrected chi connectivity index (χ0v) is 12.3. The summed E-state index contributed by atoms with van der Waals surface area (Å²) in [5, 5.41) is 13.3. The Morgan fingerprint density at radius 2 is 2.30 bits per heavy atom. The molecule has 2 heterocycles. The maximum atomic E-state index is 12.1. The molecule has 0 bridgehead atoms. The van der Waals surface area contributed by atoms with Gasteiger partial charge in [-0.05, 0) is 37.7 Å². The quantitative estimate of drug-likeness (QED) is 0.785. The molecule has 0 aromatic carbocycles. The zero-order valence-electron chi connectivity index (χ0n) is 11.5. The van der Waals surface area contributed by atoms with Crippen LogP contribution in [0.4, 0.5) is 10.7 Å². The van der Waals surface area contributed by atoms with Crippen molar-refractivity contribution in [2.24, 2.45) is 5.92 Å². The molecule has 4 N–H and O–H groups in total. The van der Waals surface area contributed by atoms with E-state index in [0.717, 1.165) is 43.8 Å². The number of nitrogens with two attached hydrogens (primary N) is 1. The summed E-state index contributed by atoms with van der Waals surface area (Å²) in [7, 11) is 0. The van der Waals surface area contributed by atoms with E-state index in [1.807, 2.05) is 6.07 Å². The van der Waals surface area contributed by atoms with E-state index in [4.69, 9.17) is 5.73 Å². The minimum Gasteiger partial charge on any atom is -0.397 e. The van der Waals surface area contributed by atoms with Crippen LogP contribution < -0.4 is 16.0 Å². The standard InChI is InChI=1S/C14H21N3O2S/c15-11-6-12(17-5-1-2-9(7-17)8-18)20-13(11)14(19)16-10-3-4-10/h6,9-10,18H,1-5,7-8,15H2,(H,16,19). The smallest absolute Gasteiger partial charge is 0.263 e. The van der Waals surface area contributed by atoms with Crippen LogP contribution in [0.25, 0.3) is 0 Å². The van der Waals surface area contributed by atoms with E-state index in [1.54, 1.807) is 0 Å². The first-order valence-electron chi connectivity index (χ1n) is 7.23. The van der Waals surface area contributed by atoms with Crippen molar-refractivity contribution < 1.29 is 9.90 Å². The number of rotatable bonds is 4.